The Hall–Kier alpha value is -1.12. The predicted octanol–water partition coefficient (Wildman–Crippen LogP) is 2.29. The number of sulfonamides is 1. The van der Waals surface area contributed by atoms with Crippen LogP contribution in [0.25, 0.3) is 0 Å². The Morgan fingerprint density at radius 3 is 2.59 bits per heavy atom. The van der Waals surface area contributed by atoms with Crippen LogP contribution in [0.4, 0.5) is 11.5 Å². The number of nitrogens with zero attached hydrogens (tertiary/aromatic N) is 1. The lowest BCUT2D eigenvalue weighted by Gasteiger charge is -2.04. The SMILES string of the molecule is Nc1ccc(NS(=O)(=O)c2ccc(Br)s2)nc1. The Bertz CT molecular complexity index is 622. The number of nitrogens with two attached hydrogens (primary N) is 1. The van der Waals surface area contributed by atoms with Crippen molar-refractivity contribution >= 4 is 48.8 Å². The van der Waals surface area contributed by atoms with Gasteiger partial charge >= 0.3 is 0 Å². The molecule has 0 aliphatic rings. The van der Waals surface area contributed by atoms with Gasteiger partial charge in [-0.2, -0.15) is 0 Å². The smallest absolute Gasteiger partial charge is 0.272 e. The Kier molecular flexibility index (Phi) is 3.36. The van der Waals surface area contributed by atoms with E-state index in [-0.39, 0.29) is 10.0 Å². The highest BCUT2D eigenvalue weighted by Gasteiger charge is 2.16. The molecule has 8 heteroatoms. The standard InChI is InChI=1S/C9H8BrN3O2S2/c10-7-2-4-9(16-7)17(14,15)13-8-3-1-6(11)5-12-8/h1-5H,11H2,(H,12,13). The van der Waals surface area contributed by atoms with Gasteiger partial charge in [0.05, 0.1) is 15.7 Å². The van der Waals surface area contributed by atoms with Crippen LogP contribution in [0.1, 0.15) is 0 Å². The number of hydrogen-bond donors (Lipinski definition) is 2. The third-order valence-corrected chi connectivity index (χ3v) is 5.31. The van der Waals surface area contributed by atoms with Crippen LogP contribution >= 0.6 is 27.3 Å². The third-order valence-electron chi connectivity index (χ3n) is 1.84. The van der Waals surface area contributed by atoms with Crippen LogP contribution in [0.3, 0.4) is 0 Å². The number of nitrogens with one attached hydrogen (secondary N) is 1. The Balaban J connectivity index is 2.26. The first kappa shape index (κ1) is 12.3. The van der Waals surface area contributed by atoms with Crippen molar-refractivity contribution in [2.24, 2.45) is 0 Å². The molecule has 2 heterocycles. The van der Waals surface area contributed by atoms with Gasteiger partial charge in [0.25, 0.3) is 10.0 Å². The lowest BCUT2D eigenvalue weighted by Crippen LogP contribution is -2.12. The number of hydrogen-bond acceptors (Lipinski definition) is 5. The zero-order valence-electron chi connectivity index (χ0n) is 8.42. The fraction of sp³-hybridized carbons (Fsp3) is 0. The molecule has 5 nitrogen and oxygen atoms in total. The minimum absolute atomic E-state index is 0.225. The van der Waals surface area contributed by atoms with Crippen molar-refractivity contribution in [3.8, 4) is 0 Å². The first-order valence-corrected chi connectivity index (χ1v) is 7.56. The number of nitrogen functional groups attached to an aromatic ring is 1. The Morgan fingerprint density at radius 2 is 2.06 bits per heavy atom. The van der Waals surface area contributed by atoms with Gasteiger partial charge in [-0.25, -0.2) is 13.4 Å². The molecule has 0 bridgehead atoms. The Morgan fingerprint density at radius 1 is 1.29 bits per heavy atom. The Labute approximate surface area is 111 Å². The summed E-state index contributed by atoms with van der Waals surface area (Å²) < 4.78 is 27.2. The highest BCUT2D eigenvalue weighted by molar-refractivity contribution is 9.11. The van der Waals surface area contributed by atoms with Crippen molar-refractivity contribution < 1.29 is 8.42 Å². The van der Waals surface area contributed by atoms with E-state index in [2.05, 4.69) is 25.6 Å². The lowest BCUT2D eigenvalue weighted by atomic mass is 10.4. The molecule has 2 aromatic heterocycles. The van der Waals surface area contributed by atoms with E-state index < -0.39 is 10.0 Å². The van der Waals surface area contributed by atoms with Gasteiger partial charge in [-0.15, -0.1) is 11.3 Å². The van der Waals surface area contributed by atoms with E-state index in [0.29, 0.717) is 5.69 Å². The molecule has 0 amide bonds. The first-order valence-electron chi connectivity index (χ1n) is 4.47. The highest BCUT2D eigenvalue weighted by atomic mass is 79.9. The predicted molar refractivity (Wildman–Crippen MR) is 71.5 cm³/mol. The molecule has 0 atom stereocenters. The molecule has 90 valence electrons. The number of thiophene rings is 1. The van der Waals surface area contributed by atoms with Crippen molar-refractivity contribution in [2.75, 3.05) is 10.5 Å². The minimum atomic E-state index is -3.57. The minimum Gasteiger partial charge on any atom is -0.397 e. The second kappa shape index (κ2) is 4.63. The molecule has 17 heavy (non-hydrogen) atoms. The van der Waals surface area contributed by atoms with Gasteiger partial charge in [-0.1, -0.05) is 0 Å². The normalized spacial score (nSPS) is 11.4. The number of rotatable bonds is 3. The average molecular weight is 334 g/mol. The highest BCUT2D eigenvalue weighted by Crippen LogP contribution is 2.27. The van der Waals surface area contributed by atoms with Crippen LogP contribution < -0.4 is 10.5 Å². The second-order valence-corrected chi connectivity index (χ2v) is 7.51. The largest absolute Gasteiger partial charge is 0.397 e. The third kappa shape index (κ3) is 2.96. The zero-order chi connectivity index (χ0) is 12.5. The summed E-state index contributed by atoms with van der Waals surface area (Å²) in [6.45, 7) is 0. The van der Waals surface area contributed by atoms with E-state index in [1.165, 1.54) is 18.3 Å². The summed E-state index contributed by atoms with van der Waals surface area (Å²) >= 11 is 4.34. The van der Waals surface area contributed by atoms with Crippen LogP contribution in [0, 0.1) is 0 Å². The molecule has 0 fully saturated rings. The lowest BCUT2D eigenvalue weighted by molar-refractivity contribution is 0.603. The van der Waals surface area contributed by atoms with Gasteiger partial charge in [-0.05, 0) is 40.2 Å². The van der Waals surface area contributed by atoms with E-state index in [1.807, 2.05) is 0 Å². The van der Waals surface area contributed by atoms with Crippen LogP contribution in [0.5, 0.6) is 0 Å². The van der Waals surface area contributed by atoms with Crippen molar-refractivity contribution in [3.63, 3.8) is 0 Å². The number of pyridine rings is 1. The van der Waals surface area contributed by atoms with Crippen LogP contribution in [0.15, 0.2) is 38.5 Å². The molecule has 0 radical (unpaired) electrons. The van der Waals surface area contributed by atoms with Gasteiger partial charge < -0.3 is 5.73 Å². The molecule has 0 spiro atoms. The van der Waals surface area contributed by atoms with Crippen LogP contribution in [-0.2, 0) is 10.0 Å². The fourth-order valence-corrected chi connectivity index (χ4v) is 4.11. The van der Waals surface area contributed by atoms with Gasteiger partial charge in [0.1, 0.15) is 10.0 Å². The monoisotopic (exact) mass is 333 g/mol. The van der Waals surface area contributed by atoms with Crippen LogP contribution in [0.2, 0.25) is 0 Å². The van der Waals surface area contributed by atoms with Crippen molar-refractivity contribution in [2.45, 2.75) is 4.21 Å². The molecule has 3 N–H and O–H groups in total. The molecular formula is C9H8BrN3O2S2. The maximum Gasteiger partial charge on any atom is 0.272 e. The number of aromatic nitrogens is 1. The maximum absolute atomic E-state index is 11.9. The van der Waals surface area contributed by atoms with Crippen LogP contribution in [-0.4, -0.2) is 13.4 Å². The topological polar surface area (TPSA) is 85.1 Å². The molecule has 0 aliphatic heterocycles. The van der Waals surface area contributed by atoms with E-state index in [9.17, 15) is 8.42 Å². The van der Waals surface area contributed by atoms with Gasteiger partial charge in [-0.3, -0.25) is 4.72 Å². The zero-order valence-corrected chi connectivity index (χ0v) is 11.6. The first-order chi connectivity index (χ1) is 7.97. The summed E-state index contributed by atoms with van der Waals surface area (Å²) in [5.74, 6) is 0.240. The van der Waals surface area contributed by atoms with Crippen molar-refractivity contribution in [1.82, 2.24) is 4.98 Å². The fourth-order valence-electron chi connectivity index (χ4n) is 1.10. The summed E-state index contributed by atoms with van der Waals surface area (Å²) in [6, 6.07) is 6.29. The van der Waals surface area contributed by atoms with Gasteiger partial charge in [0.15, 0.2) is 0 Å². The van der Waals surface area contributed by atoms with Crippen molar-refractivity contribution in [3.05, 3.63) is 34.2 Å². The average Bonchev–Trinajstić information content (AvgIpc) is 2.69. The van der Waals surface area contributed by atoms with Crippen molar-refractivity contribution in [1.29, 1.82) is 0 Å². The molecule has 0 saturated carbocycles. The van der Waals surface area contributed by atoms with E-state index in [1.54, 1.807) is 12.1 Å². The summed E-state index contributed by atoms with van der Waals surface area (Å²) in [7, 11) is -3.57. The quantitative estimate of drug-likeness (QED) is 0.902. The summed E-state index contributed by atoms with van der Waals surface area (Å²) in [4.78, 5) is 3.87. The molecular weight excluding hydrogens is 326 g/mol. The molecule has 0 aromatic carbocycles. The molecule has 2 aromatic rings. The van der Waals surface area contributed by atoms with E-state index >= 15 is 0 Å². The van der Waals surface area contributed by atoms with E-state index in [0.717, 1.165) is 15.1 Å². The molecule has 2 rings (SSSR count). The molecule has 0 saturated heterocycles. The number of anilines is 2. The van der Waals surface area contributed by atoms with Gasteiger partial charge in [0.2, 0.25) is 0 Å². The molecule has 0 aliphatic carbocycles. The second-order valence-electron chi connectivity index (χ2n) is 3.14. The van der Waals surface area contributed by atoms with Gasteiger partial charge in [0, 0.05) is 0 Å². The summed E-state index contributed by atoms with van der Waals surface area (Å²) in [6.07, 6.45) is 1.39. The molecule has 0 unspecified atom stereocenters. The van der Waals surface area contributed by atoms with E-state index in [4.69, 9.17) is 5.73 Å². The maximum atomic E-state index is 11.9. The summed E-state index contributed by atoms with van der Waals surface area (Å²) in [5.41, 5.74) is 5.94. The number of halogens is 1. The summed E-state index contributed by atoms with van der Waals surface area (Å²) in [5, 5.41) is 0.